The Morgan fingerprint density at radius 2 is 1.25 bits per heavy atom. The van der Waals surface area contributed by atoms with Crippen molar-refractivity contribution in [2.75, 3.05) is 6.16 Å². The second kappa shape index (κ2) is 5.10. The van der Waals surface area contributed by atoms with Crippen molar-refractivity contribution >= 4 is 15.0 Å². The number of hydrogen-bond acceptors (Lipinski definition) is 1. The maximum Gasteiger partial charge on any atom is 0.161 e. The highest BCUT2D eigenvalue weighted by molar-refractivity contribution is 7.16. The lowest BCUT2D eigenvalue weighted by molar-refractivity contribution is 0.0988. The van der Waals surface area contributed by atoms with Crippen molar-refractivity contribution in [3.63, 3.8) is 0 Å². The molecule has 0 saturated heterocycles. The van der Waals surface area contributed by atoms with E-state index in [1.165, 1.54) is 16.7 Å². The summed E-state index contributed by atoms with van der Waals surface area (Å²) in [6.07, 6.45) is 1.30. The van der Waals surface area contributed by atoms with Crippen LogP contribution in [0.1, 0.15) is 44.6 Å². The lowest BCUT2D eigenvalue weighted by Crippen LogP contribution is -2.09. The van der Waals surface area contributed by atoms with Crippen LogP contribution < -0.4 is 0 Å². The minimum atomic E-state index is 0.246. The largest absolute Gasteiger partial charge is 0.558 e. The Hall–Kier alpha value is -0.680. The van der Waals surface area contributed by atoms with Crippen molar-refractivity contribution in [1.82, 2.24) is 0 Å². The van der Waals surface area contributed by atoms with Gasteiger partial charge in [-0.1, -0.05) is 0 Å². The molecule has 0 aliphatic carbocycles. The van der Waals surface area contributed by atoms with Gasteiger partial charge in [0.2, 0.25) is 0 Å². The van der Waals surface area contributed by atoms with Crippen LogP contribution in [0.4, 0.5) is 0 Å². The minimum absolute atomic E-state index is 0.246. The van der Waals surface area contributed by atoms with E-state index in [9.17, 15) is 4.79 Å². The van der Waals surface area contributed by atoms with Crippen molar-refractivity contribution in [1.29, 1.82) is 0 Å². The van der Waals surface area contributed by atoms with E-state index in [1.807, 2.05) is 0 Å². The summed E-state index contributed by atoms with van der Waals surface area (Å²) in [7, 11) is 3.37. The number of Topliss-reactive ketones (excluding diaryl/α,β-unsaturated/α-hetero) is 1. The molecule has 0 heterocycles. The monoisotopic (exact) mass is 235 g/mol. The standard InChI is InChI=1S/C14H20OP/c1-8-9(2)11(4)14(12(5)10(8)3)13(15)6-7-16/h16H,6-7H2,1-5H3/q-1. The van der Waals surface area contributed by atoms with E-state index >= 15 is 0 Å². The molecule has 1 aromatic carbocycles. The Balaban J connectivity index is 3.45. The van der Waals surface area contributed by atoms with Crippen LogP contribution in [-0.2, 0) is 0 Å². The average Bonchev–Trinajstić information content (AvgIpc) is 2.24. The third-order valence-corrected chi connectivity index (χ3v) is 3.88. The maximum absolute atomic E-state index is 12.1. The smallest absolute Gasteiger partial charge is 0.161 e. The van der Waals surface area contributed by atoms with E-state index in [0.29, 0.717) is 6.42 Å². The van der Waals surface area contributed by atoms with E-state index in [4.69, 9.17) is 0 Å². The molecular weight excluding hydrogens is 215 g/mol. The van der Waals surface area contributed by atoms with Gasteiger partial charge in [-0.15, -0.1) is 0 Å². The Morgan fingerprint density at radius 3 is 1.62 bits per heavy atom. The Kier molecular flexibility index (Phi) is 4.27. The van der Waals surface area contributed by atoms with Crippen LogP contribution in [0.5, 0.6) is 0 Å². The third kappa shape index (κ3) is 2.20. The predicted octanol–water partition coefficient (Wildman–Crippen LogP) is 3.94. The summed E-state index contributed by atoms with van der Waals surface area (Å²) in [5.74, 6) is 0.246. The molecule has 16 heavy (non-hydrogen) atoms. The SMILES string of the molecule is Cc1c(C)c(C)c(C(=O)CC[PH-])c(C)c1C. The van der Waals surface area contributed by atoms with Crippen molar-refractivity contribution in [2.24, 2.45) is 0 Å². The summed E-state index contributed by atoms with van der Waals surface area (Å²) in [5.41, 5.74) is 7.03. The zero-order valence-corrected chi connectivity index (χ0v) is 11.8. The molecule has 1 aromatic rings. The van der Waals surface area contributed by atoms with Crippen LogP contribution in [0.2, 0.25) is 0 Å². The zero-order valence-electron chi connectivity index (χ0n) is 10.8. The van der Waals surface area contributed by atoms with Gasteiger partial charge in [0, 0.05) is 5.56 Å². The first-order chi connectivity index (χ1) is 7.41. The van der Waals surface area contributed by atoms with Gasteiger partial charge in [-0.05, 0) is 68.9 Å². The van der Waals surface area contributed by atoms with Crippen LogP contribution in [-0.4, -0.2) is 11.9 Å². The molecule has 0 atom stereocenters. The normalized spacial score (nSPS) is 10.6. The molecule has 1 nitrogen and oxygen atoms in total. The van der Waals surface area contributed by atoms with E-state index in [0.717, 1.165) is 22.9 Å². The van der Waals surface area contributed by atoms with Gasteiger partial charge in [0.05, 0.1) is 0 Å². The van der Waals surface area contributed by atoms with Crippen molar-refractivity contribution in [2.45, 2.75) is 41.0 Å². The van der Waals surface area contributed by atoms with Gasteiger partial charge >= 0.3 is 0 Å². The topological polar surface area (TPSA) is 17.1 Å². The first-order valence-electron chi connectivity index (χ1n) is 5.66. The Morgan fingerprint density at radius 1 is 0.875 bits per heavy atom. The fourth-order valence-corrected chi connectivity index (χ4v) is 2.38. The zero-order chi connectivity index (χ0) is 12.5. The van der Waals surface area contributed by atoms with Crippen molar-refractivity contribution in [3.05, 3.63) is 33.4 Å². The maximum atomic E-state index is 12.1. The first-order valence-corrected chi connectivity index (χ1v) is 6.37. The molecule has 1 rings (SSSR count). The van der Waals surface area contributed by atoms with Gasteiger partial charge in [-0.25, -0.2) is 0 Å². The molecule has 0 radical (unpaired) electrons. The van der Waals surface area contributed by atoms with E-state index in [2.05, 4.69) is 43.9 Å². The summed E-state index contributed by atoms with van der Waals surface area (Å²) in [4.78, 5) is 12.1. The Bertz CT molecular complexity index is 404. The lowest BCUT2D eigenvalue weighted by atomic mass is 9.87. The van der Waals surface area contributed by atoms with E-state index in [1.54, 1.807) is 0 Å². The van der Waals surface area contributed by atoms with Crippen molar-refractivity contribution < 1.29 is 4.79 Å². The lowest BCUT2D eigenvalue weighted by Gasteiger charge is -2.18. The average molecular weight is 235 g/mol. The van der Waals surface area contributed by atoms with Gasteiger partial charge in [0.25, 0.3) is 0 Å². The molecule has 0 bridgehead atoms. The molecule has 2 heteroatoms. The summed E-state index contributed by atoms with van der Waals surface area (Å²) in [6.45, 7) is 10.4. The van der Waals surface area contributed by atoms with Crippen LogP contribution in [0.15, 0.2) is 0 Å². The molecule has 0 aromatic heterocycles. The molecule has 0 amide bonds. The molecule has 0 aliphatic rings. The number of ketones is 1. The van der Waals surface area contributed by atoms with Crippen LogP contribution in [0.25, 0.3) is 0 Å². The number of benzene rings is 1. The fourth-order valence-electron chi connectivity index (χ4n) is 2.16. The quantitative estimate of drug-likeness (QED) is 0.572. The molecule has 0 aliphatic heterocycles. The second-order valence-corrected chi connectivity index (χ2v) is 4.92. The van der Waals surface area contributed by atoms with Gasteiger partial charge in [-0.2, -0.15) is 6.16 Å². The van der Waals surface area contributed by atoms with Gasteiger partial charge in [-0.3, -0.25) is 4.79 Å². The summed E-state index contributed by atoms with van der Waals surface area (Å²) >= 11 is 0. The van der Waals surface area contributed by atoms with Gasteiger partial charge < -0.3 is 9.24 Å². The second-order valence-electron chi connectivity index (χ2n) is 4.42. The molecule has 88 valence electrons. The highest BCUT2D eigenvalue weighted by atomic mass is 31.0. The van der Waals surface area contributed by atoms with Crippen LogP contribution in [0, 0.1) is 34.6 Å². The number of rotatable bonds is 3. The van der Waals surface area contributed by atoms with Crippen molar-refractivity contribution in [3.8, 4) is 0 Å². The van der Waals surface area contributed by atoms with E-state index < -0.39 is 0 Å². The summed E-state index contributed by atoms with van der Waals surface area (Å²) in [5, 5.41) is 0. The van der Waals surface area contributed by atoms with Crippen LogP contribution >= 0.6 is 9.24 Å². The minimum Gasteiger partial charge on any atom is -0.558 e. The molecule has 0 spiro atoms. The van der Waals surface area contributed by atoms with E-state index in [-0.39, 0.29) is 5.78 Å². The molecular formula is C14H20OP-. The summed E-state index contributed by atoms with van der Waals surface area (Å²) < 4.78 is 0. The molecule has 0 fully saturated rings. The predicted molar refractivity (Wildman–Crippen MR) is 72.3 cm³/mol. The summed E-state index contributed by atoms with van der Waals surface area (Å²) in [6, 6.07) is 0. The van der Waals surface area contributed by atoms with Crippen LogP contribution in [0.3, 0.4) is 0 Å². The van der Waals surface area contributed by atoms with Gasteiger partial charge in [0.15, 0.2) is 5.78 Å². The highest BCUT2D eigenvalue weighted by Gasteiger charge is 2.16. The molecule has 0 saturated carbocycles. The first kappa shape index (κ1) is 13.4. The number of hydrogen-bond donors (Lipinski definition) is 0. The number of carbonyl (C=O) groups is 1. The third-order valence-electron chi connectivity index (χ3n) is 3.63. The fraction of sp³-hybridized carbons (Fsp3) is 0.500. The molecule has 0 unspecified atom stereocenters. The van der Waals surface area contributed by atoms with Gasteiger partial charge in [0.1, 0.15) is 0 Å². The highest BCUT2D eigenvalue weighted by Crippen LogP contribution is 2.27. The number of carbonyl (C=O) groups excluding carboxylic acids is 1. The molecule has 0 N–H and O–H groups in total. The Labute approximate surface area is 101 Å².